The van der Waals surface area contributed by atoms with Gasteiger partial charge in [0.05, 0.1) is 24.2 Å². The van der Waals surface area contributed by atoms with Crippen LogP contribution in [-0.2, 0) is 0 Å². The SMILES string of the molecule is COc1ccc2c(c1)nc(N)n2C1CCN2CCCC12. The standard InChI is InChI=1S/C15H20N4O/c1-20-10-4-5-12-11(9-10)17-15(16)19(12)14-6-8-18-7-2-3-13(14)18/h4-5,9,13-14H,2-3,6-8H2,1H3,(H2,16,17). The van der Waals surface area contributed by atoms with Gasteiger partial charge in [0.2, 0.25) is 5.95 Å². The van der Waals surface area contributed by atoms with Gasteiger partial charge < -0.3 is 15.0 Å². The van der Waals surface area contributed by atoms with E-state index in [1.165, 1.54) is 32.4 Å². The van der Waals surface area contributed by atoms with Gasteiger partial charge >= 0.3 is 0 Å². The molecule has 0 aliphatic carbocycles. The summed E-state index contributed by atoms with van der Waals surface area (Å²) in [6.07, 6.45) is 3.76. The van der Waals surface area contributed by atoms with Crippen LogP contribution in [0.1, 0.15) is 25.3 Å². The number of hydrogen-bond acceptors (Lipinski definition) is 4. The molecule has 5 nitrogen and oxygen atoms in total. The molecule has 0 amide bonds. The van der Waals surface area contributed by atoms with Gasteiger partial charge in [-0.3, -0.25) is 4.90 Å². The number of rotatable bonds is 2. The molecule has 1 aromatic heterocycles. The first kappa shape index (κ1) is 12.0. The Morgan fingerprint density at radius 2 is 2.15 bits per heavy atom. The normalized spacial score (nSPS) is 26.2. The molecule has 2 saturated heterocycles. The summed E-state index contributed by atoms with van der Waals surface area (Å²) in [4.78, 5) is 7.12. The molecule has 0 bridgehead atoms. The molecule has 2 N–H and O–H groups in total. The third kappa shape index (κ3) is 1.62. The van der Waals surface area contributed by atoms with Crippen molar-refractivity contribution in [1.29, 1.82) is 0 Å². The van der Waals surface area contributed by atoms with Gasteiger partial charge in [0.1, 0.15) is 5.75 Å². The van der Waals surface area contributed by atoms with Crippen molar-refractivity contribution in [2.75, 3.05) is 25.9 Å². The number of nitrogen functional groups attached to an aromatic ring is 1. The molecule has 2 unspecified atom stereocenters. The van der Waals surface area contributed by atoms with Crippen molar-refractivity contribution < 1.29 is 4.74 Å². The summed E-state index contributed by atoms with van der Waals surface area (Å²) in [5, 5.41) is 0. The zero-order valence-corrected chi connectivity index (χ0v) is 11.7. The van der Waals surface area contributed by atoms with E-state index in [4.69, 9.17) is 10.5 Å². The van der Waals surface area contributed by atoms with Gasteiger partial charge in [-0.1, -0.05) is 0 Å². The average Bonchev–Trinajstić information content (AvgIpc) is 3.11. The molecule has 0 spiro atoms. The topological polar surface area (TPSA) is 56.3 Å². The monoisotopic (exact) mass is 272 g/mol. The van der Waals surface area contributed by atoms with Gasteiger partial charge in [0, 0.05) is 18.7 Å². The second-order valence-electron chi connectivity index (χ2n) is 5.80. The number of nitrogens with two attached hydrogens (primary N) is 1. The zero-order valence-electron chi connectivity index (χ0n) is 11.7. The highest BCUT2D eigenvalue weighted by atomic mass is 16.5. The number of fused-ring (bicyclic) bond motifs is 2. The summed E-state index contributed by atoms with van der Waals surface area (Å²) in [5.74, 6) is 1.46. The summed E-state index contributed by atoms with van der Waals surface area (Å²) in [6, 6.07) is 7.13. The van der Waals surface area contributed by atoms with Crippen LogP contribution in [0.3, 0.4) is 0 Å². The third-order valence-corrected chi connectivity index (χ3v) is 4.83. The van der Waals surface area contributed by atoms with Crippen molar-refractivity contribution in [3.63, 3.8) is 0 Å². The quantitative estimate of drug-likeness (QED) is 0.909. The zero-order chi connectivity index (χ0) is 13.7. The lowest BCUT2D eigenvalue weighted by atomic mass is 10.1. The number of imidazole rings is 1. The molecule has 0 saturated carbocycles. The Balaban J connectivity index is 1.81. The number of ether oxygens (including phenoxy) is 1. The van der Waals surface area contributed by atoms with Crippen molar-refractivity contribution in [2.45, 2.75) is 31.3 Å². The van der Waals surface area contributed by atoms with Crippen LogP contribution in [0.25, 0.3) is 11.0 Å². The number of aromatic nitrogens is 2. The van der Waals surface area contributed by atoms with Crippen LogP contribution in [0, 0.1) is 0 Å². The second kappa shape index (κ2) is 4.38. The van der Waals surface area contributed by atoms with E-state index in [9.17, 15) is 0 Å². The fourth-order valence-corrected chi connectivity index (χ4v) is 3.93. The van der Waals surface area contributed by atoms with Gasteiger partial charge in [0.25, 0.3) is 0 Å². The van der Waals surface area contributed by atoms with Gasteiger partial charge in [-0.25, -0.2) is 4.98 Å². The van der Waals surface area contributed by atoms with Crippen molar-refractivity contribution in [2.24, 2.45) is 0 Å². The molecule has 5 heteroatoms. The van der Waals surface area contributed by atoms with E-state index >= 15 is 0 Å². The third-order valence-electron chi connectivity index (χ3n) is 4.83. The van der Waals surface area contributed by atoms with Crippen LogP contribution in [-0.4, -0.2) is 40.7 Å². The minimum atomic E-state index is 0.468. The highest BCUT2D eigenvalue weighted by Gasteiger charge is 2.39. The van der Waals surface area contributed by atoms with E-state index in [0.717, 1.165) is 16.8 Å². The summed E-state index contributed by atoms with van der Waals surface area (Å²) in [6.45, 7) is 2.42. The lowest BCUT2D eigenvalue weighted by Gasteiger charge is -2.22. The van der Waals surface area contributed by atoms with Crippen molar-refractivity contribution >= 4 is 17.0 Å². The fourth-order valence-electron chi connectivity index (χ4n) is 3.93. The minimum absolute atomic E-state index is 0.468. The number of nitrogens with zero attached hydrogens (tertiary/aromatic N) is 3. The molecule has 2 aliphatic heterocycles. The molecule has 106 valence electrons. The van der Waals surface area contributed by atoms with Crippen LogP contribution >= 0.6 is 0 Å². The van der Waals surface area contributed by atoms with Crippen LogP contribution in [0.2, 0.25) is 0 Å². The molecule has 1 aromatic carbocycles. The van der Waals surface area contributed by atoms with Crippen molar-refractivity contribution in [3.8, 4) is 5.75 Å². The first-order valence-electron chi connectivity index (χ1n) is 7.33. The fraction of sp³-hybridized carbons (Fsp3) is 0.533. The summed E-state index contributed by atoms with van der Waals surface area (Å²) in [7, 11) is 1.68. The lowest BCUT2D eigenvalue weighted by Crippen LogP contribution is -2.28. The predicted molar refractivity (Wildman–Crippen MR) is 78.9 cm³/mol. The van der Waals surface area contributed by atoms with Crippen LogP contribution < -0.4 is 10.5 Å². The van der Waals surface area contributed by atoms with E-state index in [0.29, 0.717) is 18.0 Å². The van der Waals surface area contributed by atoms with E-state index in [1.54, 1.807) is 7.11 Å². The molecule has 3 heterocycles. The van der Waals surface area contributed by atoms with Gasteiger partial charge in [0.15, 0.2) is 0 Å². The average molecular weight is 272 g/mol. The molecule has 4 rings (SSSR count). The maximum Gasteiger partial charge on any atom is 0.201 e. The number of anilines is 1. The second-order valence-corrected chi connectivity index (χ2v) is 5.80. The van der Waals surface area contributed by atoms with Gasteiger partial charge in [-0.05, 0) is 37.9 Å². The largest absolute Gasteiger partial charge is 0.497 e. The van der Waals surface area contributed by atoms with Crippen LogP contribution in [0.15, 0.2) is 18.2 Å². The molecule has 2 aromatic rings. The van der Waals surface area contributed by atoms with E-state index < -0.39 is 0 Å². The molecule has 2 fully saturated rings. The molecule has 2 atom stereocenters. The molecular formula is C15H20N4O. The predicted octanol–water partition coefficient (Wildman–Crippen LogP) is 2.04. The van der Waals surface area contributed by atoms with E-state index in [1.807, 2.05) is 12.1 Å². The Bertz CT molecular complexity index is 651. The first-order chi connectivity index (χ1) is 9.78. The highest BCUT2D eigenvalue weighted by Crippen LogP contribution is 2.39. The van der Waals surface area contributed by atoms with Crippen molar-refractivity contribution in [3.05, 3.63) is 18.2 Å². The van der Waals surface area contributed by atoms with Crippen LogP contribution in [0.5, 0.6) is 5.75 Å². The smallest absolute Gasteiger partial charge is 0.201 e. The number of hydrogen-bond donors (Lipinski definition) is 1. The van der Waals surface area contributed by atoms with Gasteiger partial charge in [-0.15, -0.1) is 0 Å². The Morgan fingerprint density at radius 3 is 3.00 bits per heavy atom. The summed E-state index contributed by atoms with van der Waals surface area (Å²) in [5.41, 5.74) is 8.26. The minimum Gasteiger partial charge on any atom is -0.497 e. The molecule has 0 radical (unpaired) electrons. The van der Waals surface area contributed by atoms with Gasteiger partial charge in [-0.2, -0.15) is 0 Å². The lowest BCUT2D eigenvalue weighted by molar-refractivity contribution is 0.293. The Labute approximate surface area is 118 Å². The van der Waals surface area contributed by atoms with Crippen LogP contribution in [0.4, 0.5) is 5.95 Å². The first-order valence-corrected chi connectivity index (χ1v) is 7.33. The van der Waals surface area contributed by atoms with E-state index in [-0.39, 0.29) is 0 Å². The molecule has 2 aliphatic rings. The Kier molecular flexibility index (Phi) is 2.63. The summed E-state index contributed by atoms with van der Waals surface area (Å²) >= 11 is 0. The maximum atomic E-state index is 6.20. The Hall–Kier alpha value is -1.75. The number of benzene rings is 1. The Morgan fingerprint density at radius 1 is 1.25 bits per heavy atom. The number of methoxy groups -OCH3 is 1. The maximum absolute atomic E-state index is 6.20. The van der Waals surface area contributed by atoms with E-state index in [2.05, 4.69) is 20.5 Å². The highest BCUT2D eigenvalue weighted by molar-refractivity contribution is 5.80. The summed E-state index contributed by atoms with van der Waals surface area (Å²) < 4.78 is 7.51. The molecular weight excluding hydrogens is 252 g/mol. The van der Waals surface area contributed by atoms with Crippen molar-refractivity contribution in [1.82, 2.24) is 14.5 Å². The molecule has 20 heavy (non-hydrogen) atoms.